The van der Waals surface area contributed by atoms with Gasteiger partial charge >= 0.3 is 6.01 Å². The van der Waals surface area contributed by atoms with Crippen LogP contribution in [0.3, 0.4) is 0 Å². The van der Waals surface area contributed by atoms with Crippen LogP contribution in [0, 0.1) is 17.0 Å². The van der Waals surface area contributed by atoms with E-state index in [-0.39, 0.29) is 23.2 Å². The highest BCUT2D eigenvalue weighted by atomic mass is 16.6. The number of methoxy groups -OCH3 is 1. The Bertz CT molecular complexity index is 667. The molecule has 0 aliphatic heterocycles. The van der Waals surface area contributed by atoms with Gasteiger partial charge in [-0.1, -0.05) is 12.1 Å². The minimum atomic E-state index is -0.654. The number of aromatic nitrogens is 3. The lowest BCUT2D eigenvalue weighted by molar-refractivity contribution is -0.385. The van der Waals surface area contributed by atoms with Crippen molar-refractivity contribution >= 4 is 17.5 Å². The molecule has 2 rings (SSSR count). The fraction of sp³-hybridized carbons (Fsp3) is 0.182. The molecule has 0 radical (unpaired) electrons. The topological polar surface area (TPSA) is 123 Å². The Balaban J connectivity index is 2.29. The number of nitro groups is 1. The van der Waals surface area contributed by atoms with Gasteiger partial charge in [-0.25, -0.2) is 5.10 Å². The summed E-state index contributed by atoms with van der Waals surface area (Å²) in [6, 6.07) is 4.55. The first-order valence-corrected chi connectivity index (χ1v) is 5.54. The van der Waals surface area contributed by atoms with Gasteiger partial charge < -0.3 is 4.74 Å². The number of hydrogen-bond donors (Lipinski definition) is 2. The number of aryl methyl sites for hydroxylation is 1. The number of carbonyl (C=O) groups excluding carboxylic acids is 1. The number of benzene rings is 1. The molecule has 0 fully saturated rings. The molecular weight excluding hydrogens is 266 g/mol. The lowest BCUT2D eigenvalue weighted by atomic mass is 10.1. The number of H-pyrrole nitrogens is 1. The van der Waals surface area contributed by atoms with Gasteiger partial charge in [-0.15, -0.1) is 5.10 Å². The molecule has 0 unspecified atom stereocenters. The van der Waals surface area contributed by atoms with Crippen molar-refractivity contribution in [2.45, 2.75) is 6.92 Å². The van der Waals surface area contributed by atoms with Gasteiger partial charge in [0.05, 0.1) is 12.0 Å². The molecule has 2 aromatic rings. The standard InChI is InChI=1S/C11H11N5O4/c1-6-4-3-5-7(8(6)16(18)19)9(17)12-10-13-11(20-2)15-14-10/h3-5H,1-2H3,(H2,12,13,14,15,17). The van der Waals surface area contributed by atoms with E-state index in [1.165, 1.54) is 13.2 Å². The van der Waals surface area contributed by atoms with Gasteiger partial charge in [0, 0.05) is 5.56 Å². The Kier molecular flexibility index (Phi) is 3.60. The predicted octanol–water partition coefficient (Wildman–Crippen LogP) is 1.28. The van der Waals surface area contributed by atoms with Gasteiger partial charge in [-0.3, -0.25) is 20.2 Å². The molecule has 20 heavy (non-hydrogen) atoms. The minimum absolute atomic E-state index is 0.0441. The number of para-hydroxylation sites is 1. The van der Waals surface area contributed by atoms with Crippen molar-refractivity contribution in [3.05, 3.63) is 39.4 Å². The first kappa shape index (κ1) is 13.5. The molecular formula is C11H11N5O4. The number of amides is 1. The number of hydrogen-bond acceptors (Lipinski definition) is 6. The van der Waals surface area contributed by atoms with E-state index in [1.54, 1.807) is 19.1 Å². The second-order valence-electron chi connectivity index (χ2n) is 3.85. The third-order valence-electron chi connectivity index (χ3n) is 2.54. The molecule has 104 valence electrons. The van der Waals surface area contributed by atoms with E-state index in [1.807, 2.05) is 0 Å². The van der Waals surface area contributed by atoms with E-state index in [9.17, 15) is 14.9 Å². The van der Waals surface area contributed by atoms with Crippen molar-refractivity contribution in [2.24, 2.45) is 0 Å². The fourth-order valence-electron chi connectivity index (χ4n) is 1.65. The van der Waals surface area contributed by atoms with Crippen LogP contribution in [0.4, 0.5) is 11.6 Å². The molecule has 0 aliphatic rings. The van der Waals surface area contributed by atoms with Crippen molar-refractivity contribution in [2.75, 3.05) is 12.4 Å². The molecule has 1 aromatic carbocycles. The van der Waals surface area contributed by atoms with E-state index < -0.39 is 10.8 Å². The molecule has 1 amide bonds. The summed E-state index contributed by atoms with van der Waals surface area (Å²) in [5.74, 6) is -0.609. The Labute approximate surface area is 113 Å². The summed E-state index contributed by atoms with van der Waals surface area (Å²) in [7, 11) is 1.38. The number of carbonyl (C=O) groups is 1. The molecule has 9 nitrogen and oxygen atoms in total. The maximum absolute atomic E-state index is 12.0. The number of nitrogens with one attached hydrogen (secondary N) is 2. The smallest absolute Gasteiger partial charge is 0.336 e. The summed E-state index contributed by atoms with van der Waals surface area (Å²) < 4.78 is 4.75. The average Bonchev–Trinajstić information content (AvgIpc) is 2.85. The number of rotatable bonds is 4. The van der Waals surface area contributed by atoms with E-state index in [0.717, 1.165) is 0 Å². The van der Waals surface area contributed by atoms with E-state index >= 15 is 0 Å². The van der Waals surface area contributed by atoms with E-state index in [4.69, 9.17) is 4.74 Å². The zero-order valence-corrected chi connectivity index (χ0v) is 10.7. The number of ether oxygens (including phenoxy) is 1. The maximum Gasteiger partial charge on any atom is 0.336 e. The first-order valence-electron chi connectivity index (χ1n) is 5.54. The molecule has 0 spiro atoms. The van der Waals surface area contributed by atoms with Crippen LogP contribution in [0.25, 0.3) is 0 Å². The second-order valence-corrected chi connectivity index (χ2v) is 3.85. The van der Waals surface area contributed by atoms with Gasteiger partial charge in [0.1, 0.15) is 5.56 Å². The molecule has 0 atom stereocenters. The van der Waals surface area contributed by atoms with Gasteiger partial charge in [-0.05, 0) is 13.0 Å². The largest absolute Gasteiger partial charge is 0.466 e. The van der Waals surface area contributed by atoms with Crippen LogP contribution >= 0.6 is 0 Å². The third kappa shape index (κ3) is 2.55. The normalized spacial score (nSPS) is 10.1. The summed E-state index contributed by atoms with van der Waals surface area (Å²) in [6.07, 6.45) is 0. The van der Waals surface area contributed by atoms with Crippen LogP contribution in [-0.4, -0.2) is 33.1 Å². The van der Waals surface area contributed by atoms with Gasteiger partial charge in [0.25, 0.3) is 11.6 Å². The molecule has 0 saturated heterocycles. The predicted molar refractivity (Wildman–Crippen MR) is 68.7 cm³/mol. The van der Waals surface area contributed by atoms with Crippen molar-refractivity contribution in [1.82, 2.24) is 15.2 Å². The highest BCUT2D eigenvalue weighted by Crippen LogP contribution is 2.23. The Morgan fingerprint density at radius 2 is 2.25 bits per heavy atom. The number of anilines is 1. The monoisotopic (exact) mass is 277 g/mol. The van der Waals surface area contributed by atoms with Crippen LogP contribution in [0.1, 0.15) is 15.9 Å². The van der Waals surface area contributed by atoms with Crippen molar-refractivity contribution in [1.29, 1.82) is 0 Å². The summed E-state index contributed by atoms with van der Waals surface area (Å²) >= 11 is 0. The number of aromatic amines is 1. The summed E-state index contributed by atoms with van der Waals surface area (Å²) in [6.45, 7) is 1.56. The molecule has 0 aliphatic carbocycles. The molecule has 1 aromatic heterocycles. The molecule has 1 heterocycles. The van der Waals surface area contributed by atoms with Crippen LogP contribution in [-0.2, 0) is 0 Å². The zero-order valence-electron chi connectivity index (χ0n) is 10.7. The molecule has 0 bridgehead atoms. The van der Waals surface area contributed by atoms with Gasteiger partial charge in [0.15, 0.2) is 0 Å². The maximum atomic E-state index is 12.0. The summed E-state index contributed by atoms with van der Waals surface area (Å²) in [5, 5.41) is 19.5. The molecule has 0 saturated carbocycles. The SMILES string of the molecule is COc1n[nH]c(NC(=O)c2cccc(C)c2[N+](=O)[O-])n1. The Hall–Kier alpha value is -2.97. The van der Waals surface area contributed by atoms with Gasteiger partial charge in [0.2, 0.25) is 5.95 Å². The number of nitrogens with zero attached hydrogens (tertiary/aromatic N) is 3. The lowest BCUT2D eigenvalue weighted by Gasteiger charge is -2.04. The van der Waals surface area contributed by atoms with Crippen LogP contribution in [0.2, 0.25) is 0 Å². The summed E-state index contributed by atoms with van der Waals surface area (Å²) in [4.78, 5) is 26.3. The van der Waals surface area contributed by atoms with Crippen LogP contribution in [0.5, 0.6) is 6.01 Å². The lowest BCUT2D eigenvalue weighted by Crippen LogP contribution is -2.15. The highest BCUT2D eigenvalue weighted by molar-refractivity contribution is 6.06. The molecule has 2 N–H and O–H groups in total. The Morgan fingerprint density at radius 1 is 1.50 bits per heavy atom. The first-order chi connectivity index (χ1) is 9.52. The molecule has 9 heteroatoms. The van der Waals surface area contributed by atoms with Crippen molar-refractivity contribution in [3.8, 4) is 6.01 Å². The minimum Gasteiger partial charge on any atom is -0.466 e. The summed E-state index contributed by atoms with van der Waals surface area (Å²) in [5.41, 5.74) is 0.111. The number of nitro benzene ring substituents is 1. The van der Waals surface area contributed by atoms with Crippen LogP contribution in [0.15, 0.2) is 18.2 Å². The van der Waals surface area contributed by atoms with Crippen molar-refractivity contribution < 1.29 is 14.5 Å². The Morgan fingerprint density at radius 3 is 2.85 bits per heavy atom. The quantitative estimate of drug-likeness (QED) is 0.641. The van der Waals surface area contributed by atoms with Gasteiger partial charge in [-0.2, -0.15) is 4.98 Å². The van der Waals surface area contributed by atoms with Crippen molar-refractivity contribution in [3.63, 3.8) is 0 Å². The van der Waals surface area contributed by atoms with E-state index in [0.29, 0.717) is 5.56 Å². The third-order valence-corrected chi connectivity index (χ3v) is 2.54. The fourth-order valence-corrected chi connectivity index (χ4v) is 1.65. The zero-order chi connectivity index (χ0) is 14.7. The average molecular weight is 277 g/mol. The van der Waals surface area contributed by atoms with Crippen LogP contribution < -0.4 is 10.1 Å². The van der Waals surface area contributed by atoms with E-state index in [2.05, 4.69) is 20.5 Å². The highest BCUT2D eigenvalue weighted by Gasteiger charge is 2.23. The second kappa shape index (κ2) is 5.34.